The number of aromatic nitrogens is 3. The highest BCUT2D eigenvalue weighted by Gasteiger charge is 2.40. The monoisotopic (exact) mass is 385 g/mol. The summed E-state index contributed by atoms with van der Waals surface area (Å²) < 4.78 is 23.9. The summed E-state index contributed by atoms with van der Waals surface area (Å²) in [5.41, 5.74) is 1.10. The average molecular weight is 385 g/mol. The molecule has 4 rings (SSSR count). The van der Waals surface area contributed by atoms with Gasteiger partial charge in [-0.1, -0.05) is 0 Å². The van der Waals surface area contributed by atoms with E-state index in [-0.39, 0.29) is 17.1 Å². The van der Waals surface area contributed by atoms with Crippen LogP contribution in [0.4, 0.5) is 5.82 Å². The quantitative estimate of drug-likeness (QED) is 0.796. The molecule has 1 fully saturated rings. The number of nitrogens with two attached hydrogens (primary N) is 1. The SMILES string of the molecule is CN(c1ncnc2[nH]ccc12)C1CC(N2CC=C(C#N)C=C2S(N)(=O)=O)C1. The molecule has 27 heavy (non-hydrogen) atoms. The smallest absolute Gasteiger partial charge is 0.253 e. The Kier molecular flexibility index (Phi) is 4.13. The number of primary sulfonamides is 1. The zero-order valence-corrected chi connectivity index (χ0v) is 15.5. The molecule has 0 unspecified atom stereocenters. The van der Waals surface area contributed by atoms with Crippen molar-refractivity contribution in [3.63, 3.8) is 0 Å². The Hall–Kier alpha value is -2.90. The van der Waals surface area contributed by atoms with Gasteiger partial charge in [0.05, 0.1) is 17.0 Å². The molecule has 0 amide bonds. The van der Waals surface area contributed by atoms with Crippen molar-refractivity contribution in [1.29, 1.82) is 5.26 Å². The van der Waals surface area contributed by atoms with E-state index < -0.39 is 10.0 Å². The van der Waals surface area contributed by atoms with Crippen LogP contribution in [0, 0.1) is 11.3 Å². The lowest BCUT2D eigenvalue weighted by molar-refractivity contribution is 0.163. The molecule has 3 heterocycles. The second kappa shape index (κ2) is 6.37. The summed E-state index contributed by atoms with van der Waals surface area (Å²) in [5, 5.41) is 15.4. The van der Waals surface area contributed by atoms with Gasteiger partial charge in [-0.25, -0.2) is 23.5 Å². The van der Waals surface area contributed by atoms with Crippen molar-refractivity contribution in [2.24, 2.45) is 5.14 Å². The third kappa shape index (κ3) is 3.05. The molecule has 0 radical (unpaired) electrons. The van der Waals surface area contributed by atoms with E-state index in [2.05, 4.69) is 19.9 Å². The molecule has 2 aliphatic rings. The summed E-state index contributed by atoms with van der Waals surface area (Å²) in [5.74, 6) is 0.845. The van der Waals surface area contributed by atoms with Crippen molar-refractivity contribution in [3.05, 3.63) is 41.3 Å². The Morgan fingerprint density at radius 3 is 2.89 bits per heavy atom. The number of allylic oxidation sites excluding steroid dienone is 2. The van der Waals surface area contributed by atoms with E-state index in [1.54, 1.807) is 11.0 Å². The van der Waals surface area contributed by atoms with E-state index in [0.29, 0.717) is 12.1 Å². The van der Waals surface area contributed by atoms with E-state index in [1.165, 1.54) is 12.4 Å². The fourth-order valence-corrected chi connectivity index (χ4v) is 4.50. The molecule has 1 aliphatic heterocycles. The first-order valence-electron chi connectivity index (χ1n) is 8.51. The Bertz CT molecular complexity index is 1090. The summed E-state index contributed by atoms with van der Waals surface area (Å²) in [4.78, 5) is 15.6. The van der Waals surface area contributed by atoms with Gasteiger partial charge < -0.3 is 14.8 Å². The van der Waals surface area contributed by atoms with Crippen molar-refractivity contribution < 1.29 is 8.42 Å². The van der Waals surface area contributed by atoms with E-state index in [9.17, 15) is 8.42 Å². The number of aromatic amines is 1. The number of sulfonamides is 1. The molecule has 0 aromatic carbocycles. The minimum atomic E-state index is -3.89. The minimum Gasteiger partial charge on any atom is -0.356 e. The summed E-state index contributed by atoms with van der Waals surface area (Å²) in [6.07, 6.45) is 7.98. The number of nitrogens with zero attached hydrogens (tertiary/aromatic N) is 5. The molecule has 2 aromatic rings. The van der Waals surface area contributed by atoms with Crippen molar-refractivity contribution >= 4 is 26.9 Å². The highest BCUT2D eigenvalue weighted by molar-refractivity contribution is 7.93. The van der Waals surface area contributed by atoms with Crippen LogP contribution in [0.15, 0.2) is 41.3 Å². The first kappa shape index (κ1) is 17.5. The molecule has 0 saturated heterocycles. The van der Waals surface area contributed by atoms with Gasteiger partial charge in [-0.15, -0.1) is 0 Å². The molecule has 0 spiro atoms. The van der Waals surface area contributed by atoms with E-state index in [0.717, 1.165) is 29.7 Å². The van der Waals surface area contributed by atoms with Crippen molar-refractivity contribution in [2.45, 2.75) is 24.9 Å². The number of anilines is 1. The van der Waals surface area contributed by atoms with Crippen LogP contribution >= 0.6 is 0 Å². The summed E-state index contributed by atoms with van der Waals surface area (Å²) in [6, 6.07) is 4.19. The zero-order chi connectivity index (χ0) is 19.2. The third-order valence-electron chi connectivity index (χ3n) is 5.23. The zero-order valence-electron chi connectivity index (χ0n) is 14.7. The molecule has 0 atom stereocenters. The van der Waals surface area contributed by atoms with Gasteiger partial charge in [0.2, 0.25) is 0 Å². The third-order valence-corrected chi connectivity index (χ3v) is 6.17. The molecule has 3 N–H and O–H groups in total. The van der Waals surface area contributed by atoms with Crippen molar-refractivity contribution in [3.8, 4) is 6.07 Å². The Morgan fingerprint density at radius 2 is 2.19 bits per heavy atom. The molecule has 1 aliphatic carbocycles. The second-order valence-corrected chi connectivity index (χ2v) is 8.29. The van der Waals surface area contributed by atoms with Crippen LogP contribution in [0.3, 0.4) is 0 Å². The maximum Gasteiger partial charge on any atom is 0.253 e. The fourth-order valence-electron chi connectivity index (χ4n) is 3.66. The molecule has 140 valence electrons. The topological polar surface area (TPSA) is 132 Å². The van der Waals surface area contributed by atoms with Gasteiger partial charge in [0.1, 0.15) is 22.8 Å². The minimum absolute atomic E-state index is 0.0164. The van der Waals surface area contributed by atoms with Crippen LogP contribution in [0.2, 0.25) is 0 Å². The standard InChI is InChI=1S/C17H19N7O2S/c1-23(17-14-2-4-20-16(14)21-10-22-17)12-7-13(8-12)24-5-3-11(9-18)6-15(24)27(19,25)26/h2-4,6,10,12-13H,5,7-8H2,1H3,(H2,19,25,26)(H,20,21,22). The largest absolute Gasteiger partial charge is 0.356 e. The Labute approximate surface area is 156 Å². The molecule has 1 saturated carbocycles. The molecule has 10 heteroatoms. The van der Waals surface area contributed by atoms with Gasteiger partial charge >= 0.3 is 0 Å². The number of nitriles is 1. The number of nitrogens with one attached hydrogen (secondary N) is 1. The number of fused-ring (bicyclic) bond motifs is 1. The number of H-pyrrole nitrogens is 1. The number of rotatable bonds is 4. The predicted molar refractivity (Wildman–Crippen MR) is 101 cm³/mol. The molecular weight excluding hydrogens is 366 g/mol. The maximum atomic E-state index is 12.0. The summed E-state index contributed by atoms with van der Waals surface area (Å²) in [6.45, 7) is 0.363. The van der Waals surface area contributed by atoms with Gasteiger partial charge in [-0.2, -0.15) is 5.26 Å². The Balaban J connectivity index is 1.51. The molecular formula is C17H19N7O2S. The normalized spacial score (nSPS) is 22.6. The number of hydrogen-bond acceptors (Lipinski definition) is 7. The average Bonchev–Trinajstić information content (AvgIpc) is 3.08. The lowest BCUT2D eigenvalue weighted by atomic mass is 9.84. The van der Waals surface area contributed by atoms with Crippen LogP contribution in [0.1, 0.15) is 12.8 Å². The van der Waals surface area contributed by atoms with Crippen molar-refractivity contribution in [2.75, 3.05) is 18.5 Å². The first-order chi connectivity index (χ1) is 12.9. The van der Waals surface area contributed by atoms with Gasteiger partial charge in [0.25, 0.3) is 10.0 Å². The lowest BCUT2D eigenvalue weighted by Gasteiger charge is -2.48. The highest BCUT2D eigenvalue weighted by atomic mass is 32.2. The maximum absolute atomic E-state index is 12.0. The van der Waals surface area contributed by atoms with Crippen molar-refractivity contribution in [1.82, 2.24) is 19.9 Å². The fraction of sp³-hybridized carbons (Fsp3) is 0.353. The Morgan fingerprint density at radius 1 is 1.41 bits per heavy atom. The second-order valence-electron chi connectivity index (χ2n) is 6.78. The highest BCUT2D eigenvalue weighted by Crippen LogP contribution is 2.36. The van der Waals surface area contributed by atoms with Crippen LogP contribution in [0.25, 0.3) is 11.0 Å². The van der Waals surface area contributed by atoms with Crippen LogP contribution in [-0.4, -0.2) is 53.9 Å². The van der Waals surface area contributed by atoms with E-state index in [4.69, 9.17) is 10.4 Å². The first-order valence-corrected chi connectivity index (χ1v) is 10.1. The van der Waals surface area contributed by atoms with Gasteiger partial charge in [-0.3, -0.25) is 0 Å². The summed E-state index contributed by atoms with van der Waals surface area (Å²) in [7, 11) is -1.91. The van der Waals surface area contributed by atoms with Gasteiger partial charge in [-0.05, 0) is 31.1 Å². The van der Waals surface area contributed by atoms with Gasteiger partial charge in [0.15, 0.2) is 0 Å². The van der Waals surface area contributed by atoms with Crippen LogP contribution in [-0.2, 0) is 10.0 Å². The number of hydrogen-bond donors (Lipinski definition) is 2. The van der Waals surface area contributed by atoms with Crippen LogP contribution in [0.5, 0.6) is 0 Å². The van der Waals surface area contributed by atoms with E-state index in [1.807, 2.05) is 25.4 Å². The predicted octanol–water partition coefficient (Wildman–Crippen LogP) is 0.821. The van der Waals surface area contributed by atoms with Gasteiger partial charge in [0, 0.05) is 31.9 Å². The van der Waals surface area contributed by atoms with E-state index >= 15 is 0 Å². The molecule has 9 nitrogen and oxygen atoms in total. The van der Waals surface area contributed by atoms with Crippen LogP contribution < -0.4 is 10.0 Å². The molecule has 2 aromatic heterocycles. The summed E-state index contributed by atoms with van der Waals surface area (Å²) >= 11 is 0. The molecule has 0 bridgehead atoms. The lowest BCUT2D eigenvalue weighted by Crippen LogP contribution is -2.54.